The van der Waals surface area contributed by atoms with Crippen molar-refractivity contribution in [1.29, 1.82) is 0 Å². The Morgan fingerprint density at radius 3 is 2.52 bits per heavy atom. The summed E-state index contributed by atoms with van der Waals surface area (Å²) in [6, 6.07) is 9.15. The number of carbonyl (C=O) groups excluding carboxylic acids is 1. The normalized spacial score (nSPS) is 24.4. The Morgan fingerprint density at radius 2 is 1.81 bits per heavy atom. The van der Waals surface area contributed by atoms with Crippen molar-refractivity contribution < 1.29 is 28.9 Å². The number of esters is 1. The Morgan fingerprint density at radius 1 is 1.13 bits per heavy atom. The van der Waals surface area contributed by atoms with Gasteiger partial charge in [-0.3, -0.25) is 4.79 Å². The lowest BCUT2D eigenvalue weighted by molar-refractivity contribution is -0.143. The molecule has 0 heterocycles. The molecular weight excluding hydrogens is 399 g/mol. The van der Waals surface area contributed by atoms with E-state index >= 15 is 0 Å². The highest BCUT2D eigenvalue weighted by atomic mass is 19.1. The lowest BCUT2D eigenvalue weighted by Crippen LogP contribution is -2.24. The molecule has 0 radical (unpaired) electrons. The maximum absolute atomic E-state index is 14.3. The quantitative estimate of drug-likeness (QED) is 0.329. The van der Waals surface area contributed by atoms with Crippen LogP contribution in [0.2, 0.25) is 0 Å². The molecule has 1 aliphatic rings. The van der Waals surface area contributed by atoms with E-state index in [0.717, 1.165) is 19.3 Å². The van der Waals surface area contributed by atoms with Gasteiger partial charge in [-0.15, -0.1) is 0 Å². The molecule has 1 aromatic carbocycles. The Balaban J connectivity index is 1.69. The Labute approximate surface area is 185 Å². The maximum atomic E-state index is 14.3. The summed E-state index contributed by atoms with van der Waals surface area (Å²) in [5, 5.41) is 20.7. The van der Waals surface area contributed by atoms with Crippen molar-refractivity contribution in [3.8, 4) is 5.75 Å². The summed E-state index contributed by atoms with van der Waals surface area (Å²) in [5.41, 5.74) is 0. The van der Waals surface area contributed by atoms with E-state index in [9.17, 15) is 19.4 Å². The molecule has 0 unspecified atom stereocenters. The van der Waals surface area contributed by atoms with Crippen molar-refractivity contribution in [3.63, 3.8) is 0 Å². The number of ether oxygens (including phenoxy) is 2. The Bertz CT molecular complexity index is 651. The number of alkyl halides is 1. The van der Waals surface area contributed by atoms with E-state index < -0.39 is 18.4 Å². The van der Waals surface area contributed by atoms with Gasteiger partial charge in [-0.2, -0.15) is 0 Å². The van der Waals surface area contributed by atoms with Gasteiger partial charge in [-0.1, -0.05) is 37.3 Å². The van der Waals surface area contributed by atoms with Gasteiger partial charge >= 0.3 is 5.97 Å². The van der Waals surface area contributed by atoms with E-state index in [1.54, 1.807) is 12.1 Å². The number of rotatable bonds is 14. The molecule has 2 N–H and O–H groups in total. The third-order valence-corrected chi connectivity index (χ3v) is 5.82. The molecule has 1 aliphatic carbocycles. The van der Waals surface area contributed by atoms with Crippen LogP contribution in [0.3, 0.4) is 0 Å². The molecule has 0 aliphatic heterocycles. The fourth-order valence-corrected chi connectivity index (χ4v) is 4.15. The summed E-state index contributed by atoms with van der Waals surface area (Å²) in [4.78, 5) is 11.5. The van der Waals surface area contributed by atoms with Gasteiger partial charge in [0.25, 0.3) is 0 Å². The molecule has 174 valence electrons. The van der Waals surface area contributed by atoms with Crippen molar-refractivity contribution in [2.75, 3.05) is 13.2 Å². The fraction of sp³-hybridized carbons (Fsp3) is 0.640. The van der Waals surface area contributed by atoms with E-state index in [1.165, 1.54) is 0 Å². The van der Waals surface area contributed by atoms with Crippen molar-refractivity contribution in [1.82, 2.24) is 0 Å². The van der Waals surface area contributed by atoms with Gasteiger partial charge < -0.3 is 19.7 Å². The zero-order chi connectivity index (χ0) is 22.5. The van der Waals surface area contributed by atoms with Crippen LogP contribution in [-0.4, -0.2) is 47.8 Å². The van der Waals surface area contributed by atoms with Crippen LogP contribution < -0.4 is 4.74 Å². The molecule has 31 heavy (non-hydrogen) atoms. The number of aliphatic hydroxyl groups is 2. The topological polar surface area (TPSA) is 76.0 Å². The van der Waals surface area contributed by atoms with Crippen molar-refractivity contribution in [2.24, 2.45) is 11.8 Å². The summed E-state index contributed by atoms with van der Waals surface area (Å²) in [6.07, 6.45) is 6.17. The SMILES string of the molecule is CCCOC(=O)CCC=CCC[C@@H]1[C@@H](CC[C@@H](F)COc2ccccc2)[C@H](O)C[C@@H]1O. The number of para-hydroxylation sites is 1. The van der Waals surface area contributed by atoms with Gasteiger partial charge in [-0.25, -0.2) is 4.39 Å². The zero-order valence-electron chi connectivity index (χ0n) is 18.5. The number of hydrogen-bond acceptors (Lipinski definition) is 5. The number of aliphatic hydroxyl groups excluding tert-OH is 2. The second kappa shape index (κ2) is 14.2. The molecule has 0 saturated heterocycles. The zero-order valence-corrected chi connectivity index (χ0v) is 18.5. The first-order chi connectivity index (χ1) is 15.0. The first kappa shape index (κ1) is 25.3. The summed E-state index contributed by atoms with van der Waals surface area (Å²) >= 11 is 0. The standard InChI is InChI=1S/C25H37FO5/c1-2-16-30-25(29)13-9-4-3-8-12-21-22(24(28)17-23(21)27)15-14-19(26)18-31-20-10-6-5-7-11-20/h3-7,10-11,19,21-24,27-28H,2,8-9,12-18H2,1H3/t19-,21-,22-,23+,24-/m1/s1. The number of hydrogen-bond donors (Lipinski definition) is 2. The van der Waals surface area contributed by atoms with Crippen LogP contribution >= 0.6 is 0 Å². The van der Waals surface area contributed by atoms with E-state index in [0.29, 0.717) is 44.5 Å². The third kappa shape index (κ3) is 9.40. The number of halogens is 1. The van der Waals surface area contributed by atoms with Gasteiger partial charge in [0.15, 0.2) is 0 Å². The van der Waals surface area contributed by atoms with Gasteiger partial charge in [0, 0.05) is 6.42 Å². The highest BCUT2D eigenvalue weighted by Gasteiger charge is 2.40. The molecule has 0 amide bonds. The van der Waals surface area contributed by atoms with Crippen LogP contribution in [0.25, 0.3) is 0 Å². The first-order valence-electron chi connectivity index (χ1n) is 11.5. The van der Waals surface area contributed by atoms with Crippen LogP contribution in [0.4, 0.5) is 4.39 Å². The van der Waals surface area contributed by atoms with Crippen molar-refractivity contribution in [2.45, 2.75) is 76.7 Å². The molecule has 0 spiro atoms. The molecule has 0 aromatic heterocycles. The van der Waals surface area contributed by atoms with Crippen LogP contribution in [0.5, 0.6) is 5.75 Å². The van der Waals surface area contributed by atoms with E-state index in [1.807, 2.05) is 37.3 Å². The minimum atomic E-state index is -1.11. The molecule has 2 rings (SSSR count). The summed E-state index contributed by atoms with van der Waals surface area (Å²) in [7, 11) is 0. The van der Waals surface area contributed by atoms with Crippen LogP contribution in [-0.2, 0) is 9.53 Å². The molecule has 5 nitrogen and oxygen atoms in total. The fourth-order valence-electron chi connectivity index (χ4n) is 4.15. The molecule has 5 atom stereocenters. The average molecular weight is 437 g/mol. The van der Waals surface area contributed by atoms with Crippen LogP contribution in [0.15, 0.2) is 42.5 Å². The second-order valence-corrected chi connectivity index (χ2v) is 8.30. The second-order valence-electron chi connectivity index (χ2n) is 8.30. The lowest BCUT2D eigenvalue weighted by Gasteiger charge is -2.24. The number of carbonyl (C=O) groups is 1. The molecule has 1 fully saturated rings. The van der Waals surface area contributed by atoms with Crippen molar-refractivity contribution in [3.05, 3.63) is 42.5 Å². The molecule has 6 heteroatoms. The Hall–Kier alpha value is -1.92. The van der Waals surface area contributed by atoms with Gasteiger partial charge in [0.1, 0.15) is 18.5 Å². The predicted molar refractivity (Wildman–Crippen MR) is 119 cm³/mol. The van der Waals surface area contributed by atoms with E-state index in [-0.39, 0.29) is 24.4 Å². The van der Waals surface area contributed by atoms with Crippen LogP contribution in [0.1, 0.15) is 58.3 Å². The maximum Gasteiger partial charge on any atom is 0.306 e. The monoisotopic (exact) mass is 436 g/mol. The van der Waals surface area contributed by atoms with E-state index in [2.05, 4.69) is 0 Å². The van der Waals surface area contributed by atoms with Gasteiger partial charge in [-0.05, 0) is 68.9 Å². The largest absolute Gasteiger partial charge is 0.491 e. The molecule has 1 aromatic rings. The van der Waals surface area contributed by atoms with Crippen molar-refractivity contribution >= 4 is 5.97 Å². The minimum absolute atomic E-state index is 0.0104. The smallest absolute Gasteiger partial charge is 0.306 e. The average Bonchev–Trinajstić information content (AvgIpc) is 3.04. The summed E-state index contributed by atoms with van der Waals surface area (Å²) in [5.74, 6) is 0.307. The highest BCUT2D eigenvalue weighted by Crippen LogP contribution is 2.39. The van der Waals surface area contributed by atoms with Gasteiger partial charge in [0.2, 0.25) is 0 Å². The summed E-state index contributed by atoms with van der Waals surface area (Å²) < 4.78 is 24.8. The number of allylic oxidation sites excluding steroid dienone is 2. The highest BCUT2D eigenvalue weighted by molar-refractivity contribution is 5.69. The Kier molecular flexibility index (Phi) is 11.6. The van der Waals surface area contributed by atoms with Crippen LogP contribution in [0, 0.1) is 11.8 Å². The molecule has 0 bridgehead atoms. The molecule has 1 saturated carbocycles. The molecular formula is C25H37FO5. The van der Waals surface area contributed by atoms with Gasteiger partial charge in [0.05, 0.1) is 18.8 Å². The first-order valence-corrected chi connectivity index (χ1v) is 11.5. The third-order valence-electron chi connectivity index (χ3n) is 5.82. The predicted octanol–water partition coefficient (Wildman–Crippen LogP) is 4.61. The summed E-state index contributed by atoms with van der Waals surface area (Å²) in [6.45, 7) is 2.41. The lowest BCUT2D eigenvalue weighted by atomic mass is 9.85. The van der Waals surface area contributed by atoms with E-state index in [4.69, 9.17) is 9.47 Å². The number of benzene rings is 1. The minimum Gasteiger partial charge on any atom is -0.491 e.